The Morgan fingerprint density at radius 1 is 1.22 bits per heavy atom. The third kappa shape index (κ3) is 5.26. The molecule has 0 atom stereocenters. The van der Waals surface area contributed by atoms with E-state index in [2.05, 4.69) is 42.4 Å². The zero-order chi connectivity index (χ0) is 16.8. The molecule has 0 heterocycles. The van der Waals surface area contributed by atoms with Crippen LogP contribution in [0.25, 0.3) is 0 Å². The van der Waals surface area contributed by atoms with Gasteiger partial charge in [-0.2, -0.15) is 5.10 Å². The second-order valence-electron chi connectivity index (χ2n) is 4.40. The van der Waals surface area contributed by atoms with Crippen molar-refractivity contribution in [3.63, 3.8) is 0 Å². The summed E-state index contributed by atoms with van der Waals surface area (Å²) in [5.41, 5.74) is 2.64. The van der Waals surface area contributed by atoms with E-state index in [4.69, 9.17) is 4.74 Å². The lowest BCUT2D eigenvalue weighted by atomic mass is 10.2. The van der Waals surface area contributed by atoms with E-state index in [0.29, 0.717) is 11.3 Å². The molecule has 0 saturated carbocycles. The van der Waals surface area contributed by atoms with Gasteiger partial charge in [0.25, 0.3) is 5.91 Å². The van der Waals surface area contributed by atoms with Gasteiger partial charge in [0.15, 0.2) is 6.61 Å². The maximum Gasteiger partial charge on any atom is 0.277 e. The molecule has 0 unspecified atom stereocenters. The summed E-state index contributed by atoms with van der Waals surface area (Å²) in [5.74, 6) is -0.118. The lowest BCUT2D eigenvalue weighted by molar-refractivity contribution is -0.123. The van der Waals surface area contributed by atoms with Crippen LogP contribution >= 0.6 is 31.9 Å². The van der Waals surface area contributed by atoms with Crippen molar-refractivity contribution in [2.24, 2.45) is 5.10 Å². The molecule has 0 aliphatic carbocycles. The Labute approximate surface area is 149 Å². The molecular weight excluding hydrogens is 432 g/mol. The fraction of sp³-hybridized carbons (Fsp3) is 0.0667. The number of carbonyl (C=O) groups excluding carboxylic acids is 1. The van der Waals surface area contributed by atoms with Gasteiger partial charge in [-0.25, -0.2) is 5.43 Å². The van der Waals surface area contributed by atoms with Crippen molar-refractivity contribution >= 4 is 44.0 Å². The summed E-state index contributed by atoms with van der Waals surface area (Å²) in [4.78, 5) is 11.6. The summed E-state index contributed by atoms with van der Waals surface area (Å²) in [6, 6.07) is 9.37. The predicted octanol–water partition coefficient (Wildman–Crippen LogP) is 3.15. The second kappa shape index (κ2) is 7.98. The van der Waals surface area contributed by atoms with Crippen LogP contribution in [-0.2, 0) is 4.79 Å². The van der Waals surface area contributed by atoms with Crippen molar-refractivity contribution in [3.8, 4) is 17.2 Å². The number of nitrogens with zero attached hydrogens (tertiary/aromatic N) is 1. The van der Waals surface area contributed by atoms with Crippen molar-refractivity contribution in [1.82, 2.24) is 5.43 Å². The molecule has 2 aromatic carbocycles. The number of carbonyl (C=O) groups is 1. The van der Waals surface area contributed by atoms with E-state index in [0.717, 1.165) is 8.95 Å². The quantitative estimate of drug-likeness (QED) is 0.489. The number of phenolic OH excluding ortho intramolecular Hbond substituents is 2. The van der Waals surface area contributed by atoms with Crippen LogP contribution in [0.5, 0.6) is 17.2 Å². The average Bonchev–Trinajstić information content (AvgIpc) is 2.48. The molecule has 3 N–H and O–H groups in total. The van der Waals surface area contributed by atoms with Crippen LogP contribution < -0.4 is 10.2 Å². The van der Waals surface area contributed by atoms with E-state index >= 15 is 0 Å². The number of hydrogen-bond acceptors (Lipinski definition) is 5. The topological polar surface area (TPSA) is 91.2 Å². The Hall–Kier alpha value is -2.06. The van der Waals surface area contributed by atoms with Crippen molar-refractivity contribution in [1.29, 1.82) is 0 Å². The fourth-order valence-corrected chi connectivity index (χ4v) is 2.74. The number of rotatable bonds is 5. The van der Waals surface area contributed by atoms with Crippen LogP contribution in [0, 0.1) is 0 Å². The summed E-state index contributed by atoms with van der Waals surface area (Å²) in [7, 11) is 0. The molecule has 0 fully saturated rings. The van der Waals surface area contributed by atoms with Crippen LogP contribution in [0.2, 0.25) is 0 Å². The van der Waals surface area contributed by atoms with E-state index in [1.54, 1.807) is 18.2 Å². The van der Waals surface area contributed by atoms with E-state index < -0.39 is 5.91 Å². The minimum atomic E-state index is -0.450. The van der Waals surface area contributed by atoms with Gasteiger partial charge in [0.1, 0.15) is 17.2 Å². The zero-order valence-electron chi connectivity index (χ0n) is 11.7. The van der Waals surface area contributed by atoms with E-state index in [1.807, 2.05) is 0 Å². The molecule has 120 valence electrons. The van der Waals surface area contributed by atoms with Gasteiger partial charge in [0.2, 0.25) is 0 Å². The molecule has 0 aromatic heterocycles. The number of hydrogen-bond donors (Lipinski definition) is 3. The Balaban J connectivity index is 1.86. The number of aromatic hydroxyl groups is 2. The summed E-state index contributed by atoms with van der Waals surface area (Å²) in [6.07, 6.45) is 1.27. The third-order valence-electron chi connectivity index (χ3n) is 2.66. The summed E-state index contributed by atoms with van der Waals surface area (Å²) in [6.45, 7) is -0.209. The SMILES string of the molecule is O=C(COc1ccc(Br)cc1Br)NN=Cc1ccc(O)cc1O. The maximum absolute atomic E-state index is 11.6. The smallest absolute Gasteiger partial charge is 0.277 e. The van der Waals surface area contributed by atoms with Crippen LogP contribution in [0.1, 0.15) is 5.56 Å². The number of amides is 1. The minimum absolute atomic E-state index is 0.0582. The monoisotopic (exact) mass is 442 g/mol. The van der Waals surface area contributed by atoms with Crippen LogP contribution in [0.15, 0.2) is 50.4 Å². The molecular formula is C15H12Br2N2O4. The van der Waals surface area contributed by atoms with E-state index in [1.165, 1.54) is 24.4 Å². The number of nitrogens with one attached hydrogen (secondary N) is 1. The Bertz CT molecular complexity index is 750. The average molecular weight is 444 g/mol. The summed E-state index contributed by atoms with van der Waals surface area (Å²) < 4.78 is 6.97. The molecule has 0 radical (unpaired) electrons. The van der Waals surface area contributed by atoms with Crippen molar-refractivity contribution in [2.75, 3.05) is 6.61 Å². The Morgan fingerprint density at radius 2 is 2.00 bits per heavy atom. The van der Waals surface area contributed by atoms with Gasteiger partial charge in [-0.15, -0.1) is 0 Å². The first-order valence-corrected chi connectivity index (χ1v) is 7.96. The Morgan fingerprint density at radius 3 is 2.70 bits per heavy atom. The lowest BCUT2D eigenvalue weighted by Gasteiger charge is -2.07. The van der Waals surface area contributed by atoms with Crippen molar-refractivity contribution in [2.45, 2.75) is 0 Å². The molecule has 6 nitrogen and oxygen atoms in total. The van der Waals surface area contributed by atoms with E-state index in [9.17, 15) is 15.0 Å². The normalized spacial score (nSPS) is 10.7. The number of ether oxygens (including phenoxy) is 1. The van der Waals surface area contributed by atoms with Gasteiger partial charge in [0, 0.05) is 16.1 Å². The zero-order valence-corrected chi connectivity index (χ0v) is 14.8. The highest BCUT2D eigenvalue weighted by molar-refractivity contribution is 9.11. The van der Waals surface area contributed by atoms with Gasteiger partial charge < -0.3 is 14.9 Å². The van der Waals surface area contributed by atoms with Gasteiger partial charge in [-0.1, -0.05) is 15.9 Å². The summed E-state index contributed by atoms with van der Waals surface area (Å²) in [5, 5.41) is 22.5. The van der Waals surface area contributed by atoms with E-state index in [-0.39, 0.29) is 18.1 Å². The molecule has 0 saturated heterocycles. The molecule has 8 heteroatoms. The van der Waals surface area contributed by atoms with Crippen molar-refractivity contribution in [3.05, 3.63) is 50.9 Å². The first-order valence-electron chi connectivity index (χ1n) is 6.37. The number of benzene rings is 2. The molecule has 0 aliphatic heterocycles. The van der Waals surface area contributed by atoms with Gasteiger partial charge in [-0.3, -0.25) is 4.79 Å². The first-order chi connectivity index (χ1) is 11.0. The molecule has 1 amide bonds. The van der Waals surface area contributed by atoms with Gasteiger partial charge in [0.05, 0.1) is 10.7 Å². The number of phenols is 2. The Kier molecular flexibility index (Phi) is 6.00. The third-order valence-corrected chi connectivity index (χ3v) is 3.77. The molecule has 0 aliphatic rings. The molecule has 0 bridgehead atoms. The van der Waals surface area contributed by atoms with Crippen LogP contribution in [-0.4, -0.2) is 28.9 Å². The predicted molar refractivity (Wildman–Crippen MR) is 92.8 cm³/mol. The number of hydrazone groups is 1. The van der Waals surface area contributed by atoms with Gasteiger partial charge >= 0.3 is 0 Å². The summed E-state index contributed by atoms with van der Waals surface area (Å²) >= 11 is 6.65. The minimum Gasteiger partial charge on any atom is -0.508 e. The van der Waals surface area contributed by atoms with Crippen LogP contribution in [0.3, 0.4) is 0 Å². The molecule has 23 heavy (non-hydrogen) atoms. The van der Waals surface area contributed by atoms with Crippen LogP contribution in [0.4, 0.5) is 0 Å². The van der Waals surface area contributed by atoms with Gasteiger partial charge in [-0.05, 0) is 46.3 Å². The highest BCUT2D eigenvalue weighted by Crippen LogP contribution is 2.28. The molecule has 0 spiro atoms. The standard InChI is InChI=1S/C15H12Br2N2O4/c16-10-2-4-14(12(17)5-10)23-8-15(22)19-18-7-9-1-3-11(20)6-13(9)21/h1-7,20-21H,8H2,(H,19,22). The molecule has 2 rings (SSSR count). The number of halogens is 2. The fourth-order valence-electron chi connectivity index (χ4n) is 1.58. The highest BCUT2D eigenvalue weighted by atomic mass is 79.9. The lowest BCUT2D eigenvalue weighted by Crippen LogP contribution is -2.24. The molecule has 2 aromatic rings. The largest absolute Gasteiger partial charge is 0.508 e. The maximum atomic E-state index is 11.6. The second-order valence-corrected chi connectivity index (χ2v) is 6.17. The van der Waals surface area contributed by atoms with Crippen molar-refractivity contribution < 1.29 is 19.7 Å². The first kappa shape index (κ1) is 17.3. The highest BCUT2D eigenvalue weighted by Gasteiger charge is 2.05.